The van der Waals surface area contributed by atoms with Gasteiger partial charge >= 0.3 is 0 Å². The summed E-state index contributed by atoms with van der Waals surface area (Å²) in [5.74, 6) is 0.140. The van der Waals surface area contributed by atoms with Crippen molar-refractivity contribution in [2.75, 3.05) is 0 Å². The quantitative estimate of drug-likeness (QED) is 0.671. The van der Waals surface area contributed by atoms with E-state index in [0.29, 0.717) is 0 Å². The molecule has 0 saturated carbocycles. The first-order chi connectivity index (χ1) is 9.16. The first-order valence-electron chi connectivity index (χ1n) is 5.95. The maximum absolute atomic E-state index is 12.4. The van der Waals surface area contributed by atoms with Gasteiger partial charge in [-0.25, -0.2) is 0 Å². The molecule has 0 saturated heterocycles. The van der Waals surface area contributed by atoms with Gasteiger partial charge in [-0.15, -0.1) is 0 Å². The molecule has 1 nitrogen and oxygen atoms in total. The molecule has 0 spiro atoms. The number of fused-ring (bicyclic) bond motifs is 1. The van der Waals surface area contributed by atoms with Gasteiger partial charge in [-0.1, -0.05) is 52.0 Å². The van der Waals surface area contributed by atoms with E-state index in [4.69, 9.17) is 0 Å². The molecule has 3 heteroatoms. The van der Waals surface area contributed by atoms with Crippen molar-refractivity contribution in [3.63, 3.8) is 0 Å². The van der Waals surface area contributed by atoms with Crippen molar-refractivity contribution in [2.24, 2.45) is 0 Å². The predicted octanol–water partition coefficient (Wildman–Crippen LogP) is 5.17. The van der Waals surface area contributed by atoms with E-state index in [0.717, 1.165) is 31.0 Å². The van der Waals surface area contributed by atoms with Gasteiger partial charge in [-0.2, -0.15) is 0 Å². The summed E-state index contributed by atoms with van der Waals surface area (Å²) < 4.78 is 1.04. The van der Waals surface area contributed by atoms with Crippen LogP contribution in [0.1, 0.15) is 22.8 Å². The zero-order valence-corrected chi connectivity index (χ0v) is 12.7. The molecule has 0 atom stereocenters. The molecule has 0 unspecified atom stereocenters. The predicted molar refractivity (Wildman–Crippen MR) is 83.4 cm³/mol. The normalized spacial score (nSPS) is 16.4. The Morgan fingerprint density at radius 3 is 2.42 bits per heavy atom. The van der Waals surface area contributed by atoms with Crippen molar-refractivity contribution >= 4 is 39.0 Å². The Morgan fingerprint density at radius 1 is 1.05 bits per heavy atom. The lowest BCUT2D eigenvalue weighted by Gasteiger charge is -2.05. The number of rotatable bonds is 1. The van der Waals surface area contributed by atoms with Crippen LogP contribution < -0.4 is 0 Å². The second-order valence-corrected chi connectivity index (χ2v) is 6.36. The van der Waals surface area contributed by atoms with Gasteiger partial charge in [0.2, 0.25) is 5.78 Å². The van der Waals surface area contributed by atoms with Crippen LogP contribution in [-0.2, 0) is 0 Å². The van der Waals surface area contributed by atoms with Gasteiger partial charge in [0.1, 0.15) is 0 Å². The molecule has 0 amide bonds. The number of hydrogen-bond donors (Lipinski definition) is 0. The lowest BCUT2D eigenvalue weighted by molar-refractivity contribution is 0.104. The second-order valence-electron chi connectivity index (χ2n) is 4.39. The fourth-order valence-corrected chi connectivity index (χ4v) is 3.47. The van der Waals surface area contributed by atoms with E-state index in [2.05, 4.69) is 15.9 Å². The van der Waals surface area contributed by atoms with Crippen LogP contribution in [0.2, 0.25) is 0 Å². The highest BCUT2D eigenvalue weighted by Gasteiger charge is 2.27. The molecule has 1 heterocycles. The molecule has 0 N–H and O–H groups in total. The summed E-state index contributed by atoms with van der Waals surface area (Å²) >= 11 is 4.99. The van der Waals surface area contributed by atoms with Crippen LogP contribution in [0.25, 0.3) is 5.57 Å². The standard InChI is InChI=1S/C16H11BrOS/c1-10(11-6-8-12(17)9-7-11)16-15(18)13-4-2-3-5-14(13)19-16/h2-9H,1H3/b16-10-. The van der Waals surface area contributed by atoms with Gasteiger partial charge in [0.15, 0.2) is 0 Å². The van der Waals surface area contributed by atoms with Crippen LogP contribution in [0.5, 0.6) is 0 Å². The third kappa shape index (κ3) is 2.28. The Bertz CT molecular complexity index is 686. The molecule has 1 aliphatic rings. The highest BCUT2D eigenvalue weighted by atomic mass is 79.9. The molecule has 2 aromatic carbocycles. The van der Waals surface area contributed by atoms with E-state index < -0.39 is 0 Å². The Hall–Kier alpha value is -1.32. The highest BCUT2D eigenvalue weighted by molar-refractivity contribution is 9.10. The molecular weight excluding hydrogens is 320 g/mol. The molecule has 0 radical (unpaired) electrons. The van der Waals surface area contributed by atoms with E-state index in [1.165, 1.54) is 0 Å². The maximum Gasteiger partial charge on any atom is 0.201 e. The van der Waals surface area contributed by atoms with Crippen LogP contribution in [0.3, 0.4) is 0 Å². The van der Waals surface area contributed by atoms with Crippen LogP contribution in [-0.4, -0.2) is 5.78 Å². The molecule has 0 aromatic heterocycles. The van der Waals surface area contributed by atoms with Gasteiger partial charge in [-0.05, 0) is 42.3 Å². The first kappa shape index (κ1) is 12.7. The van der Waals surface area contributed by atoms with Crippen molar-refractivity contribution in [3.8, 4) is 0 Å². The number of thioether (sulfide) groups is 1. The van der Waals surface area contributed by atoms with E-state index in [9.17, 15) is 4.79 Å². The Kier molecular flexibility index (Phi) is 3.33. The van der Waals surface area contributed by atoms with Crippen molar-refractivity contribution in [1.29, 1.82) is 0 Å². The zero-order valence-electron chi connectivity index (χ0n) is 10.3. The summed E-state index contributed by atoms with van der Waals surface area (Å²) in [6.07, 6.45) is 0. The number of carbonyl (C=O) groups excluding carboxylic acids is 1. The molecule has 0 bridgehead atoms. The molecular formula is C16H11BrOS. The summed E-state index contributed by atoms with van der Waals surface area (Å²) in [7, 11) is 0. The molecule has 0 aliphatic carbocycles. The Labute approximate surface area is 124 Å². The summed E-state index contributed by atoms with van der Waals surface area (Å²) in [6, 6.07) is 15.8. The average molecular weight is 331 g/mol. The smallest absolute Gasteiger partial charge is 0.201 e. The maximum atomic E-state index is 12.4. The highest BCUT2D eigenvalue weighted by Crippen LogP contribution is 2.43. The summed E-state index contributed by atoms with van der Waals surface area (Å²) in [4.78, 5) is 14.3. The van der Waals surface area contributed by atoms with Crippen LogP contribution >= 0.6 is 27.7 Å². The summed E-state index contributed by atoms with van der Waals surface area (Å²) in [5, 5.41) is 0. The molecule has 0 fully saturated rings. The monoisotopic (exact) mass is 330 g/mol. The Balaban J connectivity index is 2.06. The fraction of sp³-hybridized carbons (Fsp3) is 0.0625. The minimum Gasteiger partial charge on any atom is -0.288 e. The minimum atomic E-state index is 0.140. The zero-order chi connectivity index (χ0) is 13.4. The van der Waals surface area contributed by atoms with Gasteiger partial charge in [0.05, 0.1) is 4.91 Å². The van der Waals surface area contributed by atoms with Crippen molar-refractivity contribution < 1.29 is 4.79 Å². The third-order valence-corrected chi connectivity index (χ3v) is 4.97. The van der Waals surface area contributed by atoms with E-state index >= 15 is 0 Å². The van der Waals surface area contributed by atoms with Crippen LogP contribution in [0.15, 0.2) is 62.8 Å². The molecule has 19 heavy (non-hydrogen) atoms. The van der Waals surface area contributed by atoms with Gasteiger partial charge in [0.25, 0.3) is 0 Å². The lowest BCUT2D eigenvalue weighted by atomic mass is 10.0. The number of hydrogen-bond acceptors (Lipinski definition) is 2. The number of Topliss-reactive ketones (excluding diaryl/α,β-unsaturated/α-hetero) is 1. The van der Waals surface area contributed by atoms with E-state index in [-0.39, 0.29) is 5.78 Å². The largest absolute Gasteiger partial charge is 0.288 e. The van der Waals surface area contributed by atoms with Crippen LogP contribution in [0, 0.1) is 0 Å². The van der Waals surface area contributed by atoms with Crippen molar-refractivity contribution in [2.45, 2.75) is 11.8 Å². The number of allylic oxidation sites excluding steroid dienone is 2. The Morgan fingerprint density at radius 2 is 1.74 bits per heavy atom. The van der Waals surface area contributed by atoms with Gasteiger partial charge in [-0.3, -0.25) is 4.79 Å². The lowest BCUT2D eigenvalue weighted by Crippen LogP contribution is -1.96. The second kappa shape index (κ2) is 4.99. The summed E-state index contributed by atoms with van der Waals surface area (Å²) in [5.41, 5.74) is 2.95. The number of benzene rings is 2. The molecule has 94 valence electrons. The average Bonchev–Trinajstić information content (AvgIpc) is 2.77. The first-order valence-corrected chi connectivity index (χ1v) is 7.56. The number of halogens is 1. The van der Waals surface area contributed by atoms with Crippen molar-refractivity contribution in [3.05, 3.63) is 69.0 Å². The molecule has 3 rings (SSSR count). The fourth-order valence-electron chi connectivity index (χ4n) is 2.10. The van der Waals surface area contributed by atoms with E-state index in [1.54, 1.807) is 11.8 Å². The molecule has 2 aromatic rings. The summed E-state index contributed by atoms with van der Waals surface area (Å²) in [6.45, 7) is 2.01. The number of ketones is 1. The van der Waals surface area contributed by atoms with Crippen molar-refractivity contribution in [1.82, 2.24) is 0 Å². The topological polar surface area (TPSA) is 17.1 Å². The minimum absolute atomic E-state index is 0.140. The molecule has 1 aliphatic heterocycles. The third-order valence-electron chi connectivity index (χ3n) is 3.17. The van der Waals surface area contributed by atoms with E-state index in [1.807, 2.05) is 55.5 Å². The van der Waals surface area contributed by atoms with Crippen LogP contribution in [0.4, 0.5) is 0 Å². The number of carbonyl (C=O) groups is 1. The SMILES string of the molecule is C/C(=C1/Sc2ccccc2C1=O)c1ccc(Br)cc1. The van der Waals surface area contributed by atoms with Gasteiger partial charge in [0, 0.05) is 14.9 Å². The van der Waals surface area contributed by atoms with Gasteiger partial charge < -0.3 is 0 Å².